The molecule has 0 unspecified atom stereocenters. The van der Waals surface area contributed by atoms with Crippen LogP contribution in [0.25, 0.3) is 10.8 Å². The monoisotopic (exact) mass is 277 g/mol. The maximum Gasteiger partial charge on any atom is 0.137 e. The van der Waals surface area contributed by atoms with Gasteiger partial charge in [-0.1, -0.05) is 30.3 Å². The van der Waals surface area contributed by atoms with Crippen LogP contribution in [0.1, 0.15) is 12.0 Å². The fourth-order valence-electron chi connectivity index (χ4n) is 2.73. The number of amidine groups is 1. The van der Waals surface area contributed by atoms with Gasteiger partial charge in [-0.25, -0.2) is 4.98 Å². The number of aromatic nitrogens is 3. The van der Waals surface area contributed by atoms with Crippen molar-refractivity contribution in [3.8, 4) is 0 Å². The van der Waals surface area contributed by atoms with Crippen LogP contribution in [0, 0.1) is 0 Å². The van der Waals surface area contributed by atoms with Crippen molar-refractivity contribution in [3.63, 3.8) is 0 Å². The molecule has 0 amide bonds. The van der Waals surface area contributed by atoms with Crippen molar-refractivity contribution in [3.05, 3.63) is 54.6 Å². The molecule has 0 atom stereocenters. The quantitative estimate of drug-likeness (QED) is 0.746. The molecule has 1 aliphatic rings. The van der Waals surface area contributed by atoms with Crippen molar-refractivity contribution in [2.75, 3.05) is 11.9 Å². The fraction of sp³-hybridized carbons (Fsp3) is 0.188. The Morgan fingerprint density at radius 1 is 1.14 bits per heavy atom. The molecule has 21 heavy (non-hydrogen) atoms. The van der Waals surface area contributed by atoms with Crippen molar-refractivity contribution < 1.29 is 0 Å². The Bertz CT molecular complexity index is 799. The van der Waals surface area contributed by atoms with Crippen LogP contribution in [0.15, 0.2) is 54.0 Å². The molecule has 3 aromatic rings. The third-order valence-electron chi connectivity index (χ3n) is 3.69. The molecule has 1 aromatic heterocycles. The number of hydrogen-bond acceptors (Lipinski definition) is 3. The number of nitrogens with one attached hydrogen (secondary N) is 1. The zero-order chi connectivity index (χ0) is 14.1. The molecule has 2 heterocycles. The van der Waals surface area contributed by atoms with Crippen LogP contribution in [0.3, 0.4) is 0 Å². The third-order valence-corrected chi connectivity index (χ3v) is 3.69. The summed E-state index contributed by atoms with van der Waals surface area (Å²) in [6.07, 6.45) is 4.24. The minimum Gasteiger partial charge on any atom is -0.339 e. The number of aliphatic imine (C=N–C) groups is 1. The lowest BCUT2D eigenvalue weighted by molar-refractivity contribution is 0.584. The molecule has 2 aromatic carbocycles. The first-order chi connectivity index (χ1) is 10.4. The van der Waals surface area contributed by atoms with Crippen LogP contribution in [-0.2, 0) is 6.54 Å². The van der Waals surface area contributed by atoms with Gasteiger partial charge in [0.15, 0.2) is 0 Å². The predicted octanol–water partition coefficient (Wildman–Crippen LogP) is 2.69. The second-order valence-electron chi connectivity index (χ2n) is 5.08. The topological polar surface area (TPSA) is 55.1 Å². The Kier molecular flexibility index (Phi) is 2.88. The lowest BCUT2D eigenvalue weighted by Crippen LogP contribution is -2.09. The lowest BCUT2D eigenvalue weighted by atomic mass is 10.1. The van der Waals surface area contributed by atoms with Crippen molar-refractivity contribution in [1.82, 2.24) is 14.8 Å². The highest BCUT2D eigenvalue weighted by Crippen LogP contribution is 2.32. The summed E-state index contributed by atoms with van der Waals surface area (Å²) in [4.78, 5) is 8.64. The summed E-state index contributed by atoms with van der Waals surface area (Å²) < 4.78 is 1.83. The van der Waals surface area contributed by atoms with E-state index in [1.165, 1.54) is 16.3 Å². The second kappa shape index (κ2) is 5.01. The molecule has 0 saturated heterocycles. The van der Waals surface area contributed by atoms with E-state index in [0.29, 0.717) is 0 Å². The molecule has 0 aliphatic carbocycles. The number of nitrogens with zero attached hydrogens (tertiary/aromatic N) is 4. The Morgan fingerprint density at radius 3 is 2.90 bits per heavy atom. The van der Waals surface area contributed by atoms with Gasteiger partial charge < -0.3 is 5.32 Å². The molecule has 0 spiro atoms. The molecule has 0 saturated carbocycles. The highest BCUT2D eigenvalue weighted by atomic mass is 15.3. The van der Waals surface area contributed by atoms with Gasteiger partial charge >= 0.3 is 0 Å². The first kappa shape index (κ1) is 12.1. The van der Waals surface area contributed by atoms with Crippen LogP contribution >= 0.6 is 0 Å². The first-order valence-electron chi connectivity index (χ1n) is 7.08. The molecule has 1 N–H and O–H groups in total. The zero-order valence-corrected chi connectivity index (χ0v) is 11.5. The summed E-state index contributed by atoms with van der Waals surface area (Å²) >= 11 is 0. The van der Waals surface area contributed by atoms with E-state index >= 15 is 0 Å². The smallest absolute Gasteiger partial charge is 0.137 e. The van der Waals surface area contributed by atoms with Crippen LogP contribution in [-0.4, -0.2) is 27.1 Å². The van der Waals surface area contributed by atoms with E-state index in [0.717, 1.165) is 31.0 Å². The van der Waals surface area contributed by atoms with Gasteiger partial charge in [0.25, 0.3) is 0 Å². The molecular weight excluding hydrogens is 262 g/mol. The van der Waals surface area contributed by atoms with E-state index in [-0.39, 0.29) is 0 Å². The Balaban J connectivity index is 1.53. The van der Waals surface area contributed by atoms with Crippen LogP contribution < -0.4 is 5.32 Å². The number of benzene rings is 2. The highest BCUT2D eigenvalue weighted by molar-refractivity contribution is 6.25. The molecule has 5 heteroatoms. The molecule has 0 fully saturated rings. The molecule has 5 nitrogen and oxygen atoms in total. The van der Waals surface area contributed by atoms with E-state index < -0.39 is 0 Å². The number of aryl methyl sites for hydroxylation is 1. The summed E-state index contributed by atoms with van der Waals surface area (Å²) in [6, 6.07) is 12.7. The summed E-state index contributed by atoms with van der Waals surface area (Å²) in [7, 11) is 0. The molecule has 0 bridgehead atoms. The Morgan fingerprint density at radius 2 is 2.05 bits per heavy atom. The van der Waals surface area contributed by atoms with Gasteiger partial charge in [0, 0.05) is 29.7 Å². The van der Waals surface area contributed by atoms with E-state index in [1.807, 2.05) is 4.68 Å². The number of anilines is 1. The van der Waals surface area contributed by atoms with Gasteiger partial charge in [0.05, 0.1) is 0 Å². The van der Waals surface area contributed by atoms with Gasteiger partial charge in [0.1, 0.15) is 18.5 Å². The Labute approximate surface area is 122 Å². The van der Waals surface area contributed by atoms with Gasteiger partial charge in [-0.05, 0) is 17.9 Å². The first-order valence-corrected chi connectivity index (χ1v) is 7.08. The molecule has 0 radical (unpaired) electrons. The number of rotatable bonds is 4. The molecular formula is C16H15N5. The average Bonchev–Trinajstić information content (AvgIpc) is 3.14. The minimum absolute atomic E-state index is 0.770. The third kappa shape index (κ3) is 2.16. The Hall–Kier alpha value is -2.69. The predicted molar refractivity (Wildman–Crippen MR) is 83.6 cm³/mol. The van der Waals surface area contributed by atoms with Crippen molar-refractivity contribution in [1.29, 1.82) is 0 Å². The van der Waals surface area contributed by atoms with E-state index in [2.05, 4.69) is 51.8 Å². The standard InChI is InChI=1S/C16H15N5/c1-4-12-5-2-7-14-15(12)13(6-1)16(20-14)18-8-3-9-21-11-17-10-19-21/h1-2,4-7,10-11H,3,8-9H2,(H,18,20). The van der Waals surface area contributed by atoms with Crippen LogP contribution in [0.5, 0.6) is 0 Å². The van der Waals surface area contributed by atoms with Crippen LogP contribution in [0.2, 0.25) is 0 Å². The largest absolute Gasteiger partial charge is 0.339 e. The summed E-state index contributed by atoms with van der Waals surface area (Å²) in [5.74, 6) is 0.973. The van der Waals surface area contributed by atoms with Gasteiger partial charge in [-0.3, -0.25) is 9.67 Å². The average molecular weight is 277 g/mol. The maximum absolute atomic E-state index is 4.71. The maximum atomic E-state index is 4.71. The molecule has 1 aliphatic heterocycles. The summed E-state index contributed by atoms with van der Waals surface area (Å²) in [6.45, 7) is 1.61. The van der Waals surface area contributed by atoms with Crippen molar-refractivity contribution in [2.45, 2.75) is 13.0 Å². The van der Waals surface area contributed by atoms with Gasteiger partial charge in [-0.15, -0.1) is 0 Å². The second-order valence-corrected chi connectivity index (χ2v) is 5.08. The van der Waals surface area contributed by atoms with Crippen molar-refractivity contribution >= 4 is 22.3 Å². The normalized spacial score (nSPS) is 14.8. The number of hydrogen-bond donors (Lipinski definition) is 1. The van der Waals surface area contributed by atoms with E-state index in [9.17, 15) is 0 Å². The zero-order valence-electron chi connectivity index (χ0n) is 11.5. The van der Waals surface area contributed by atoms with Gasteiger partial charge in [0.2, 0.25) is 0 Å². The van der Waals surface area contributed by atoms with Crippen LogP contribution in [0.4, 0.5) is 5.69 Å². The van der Waals surface area contributed by atoms with E-state index in [1.54, 1.807) is 12.7 Å². The summed E-state index contributed by atoms with van der Waals surface area (Å²) in [5.41, 5.74) is 2.35. The fourth-order valence-corrected chi connectivity index (χ4v) is 2.73. The van der Waals surface area contributed by atoms with Gasteiger partial charge in [-0.2, -0.15) is 5.10 Å². The minimum atomic E-state index is 0.770. The lowest BCUT2D eigenvalue weighted by Gasteiger charge is -2.02. The molecule has 4 rings (SSSR count). The summed E-state index contributed by atoms with van der Waals surface area (Å²) in [5, 5.41) is 10.0. The van der Waals surface area contributed by atoms with Crippen molar-refractivity contribution in [2.24, 2.45) is 4.99 Å². The van der Waals surface area contributed by atoms with E-state index in [4.69, 9.17) is 4.99 Å². The highest BCUT2D eigenvalue weighted by Gasteiger charge is 2.18. The SMILES string of the molecule is c1cc2c3c(cccc3c1)C(=NCCCn1cncn1)N2. The molecule has 104 valence electrons.